The van der Waals surface area contributed by atoms with Crippen molar-refractivity contribution in [3.63, 3.8) is 0 Å². The van der Waals surface area contributed by atoms with Gasteiger partial charge >= 0.3 is 0 Å². The van der Waals surface area contributed by atoms with E-state index >= 15 is 0 Å². The Labute approximate surface area is 129 Å². The van der Waals surface area contributed by atoms with Crippen LogP contribution in [0.25, 0.3) is 0 Å². The zero-order valence-electron chi connectivity index (χ0n) is 11.9. The van der Waals surface area contributed by atoms with Gasteiger partial charge in [-0.05, 0) is 50.1 Å². The highest BCUT2D eigenvalue weighted by atomic mass is 35.5. The maximum Gasteiger partial charge on any atom is 0.0972 e. The number of halogens is 1. The van der Waals surface area contributed by atoms with Gasteiger partial charge in [0.2, 0.25) is 0 Å². The topological polar surface area (TPSA) is 38.9 Å². The lowest BCUT2D eigenvalue weighted by atomic mass is 10.1. The normalized spacial score (nSPS) is 14.1. The molecular weight excluding hydrogens is 288 g/mol. The Kier molecular flexibility index (Phi) is 5.08. The van der Waals surface area contributed by atoms with E-state index in [0.29, 0.717) is 0 Å². The molecule has 2 unspecified atom stereocenters. The number of aryl methyl sites for hydroxylation is 2. The van der Waals surface area contributed by atoms with E-state index in [2.05, 4.69) is 24.0 Å². The lowest BCUT2D eigenvalue weighted by molar-refractivity contribution is 0.720. The van der Waals surface area contributed by atoms with Crippen LogP contribution in [0, 0.1) is 13.8 Å². The highest BCUT2D eigenvalue weighted by molar-refractivity contribution is 7.99. The minimum absolute atomic E-state index is 0.0116. The molecule has 0 fully saturated rings. The number of aromatic nitrogens is 1. The average molecular weight is 307 g/mol. The highest BCUT2D eigenvalue weighted by Gasteiger charge is 2.20. The van der Waals surface area contributed by atoms with Gasteiger partial charge in [0.15, 0.2) is 0 Å². The second-order valence-corrected chi connectivity index (χ2v) is 6.61. The Morgan fingerprint density at radius 2 is 1.90 bits per heavy atom. The van der Waals surface area contributed by atoms with Crippen molar-refractivity contribution < 1.29 is 0 Å². The summed E-state index contributed by atoms with van der Waals surface area (Å²) in [7, 11) is 0. The standard InChI is InChI=1S/C16H19ClN2S/c1-10-8-11(2)19-15(9-10)20-16(12(3)18)13-6-4-5-7-14(13)17/h4-9,12,16H,18H2,1-3H3. The van der Waals surface area contributed by atoms with Crippen LogP contribution >= 0.6 is 23.4 Å². The van der Waals surface area contributed by atoms with Crippen molar-refractivity contribution >= 4 is 23.4 Å². The molecule has 0 saturated carbocycles. The van der Waals surface area contributed by atoms with Crippen molar-refractivity contribution in [2.24, 2.45) is 5.73 Å². The summed E-state index contributed by atoms with van der Waals surface area (Å²) in [6.45, 7) is 6.09. The number of rotatable bonds is 4. The Morgan fingerprint density at radius 1 is 1.20 bits per heavy atom. The van der Waals surface area contributed by atoms with Crippen LogP contribution in [-0.4, -0.2) is 11.0 Å². The van der Waals surface area contributed by atoms with Crippen LogP contribution in [-0.2, 0) is 0 Å². The zero-order chi connectivity index (χ0) is 14.7. The first-order chi connectivity index (χ1) is 9.47. The maximum absolute atomic E-state index is 6.30. The molecule has 0 radical (unpaired) electrons. The summed E-state index contributed by atoms with van der Waals surface area (Å²) in [5.74, 6) is 0. The average Bonchev–Trinajstić information content (AvgIpc) is 2.35. The molecule has 0 amide bonds. The van der Waals surface area contributed by atoms with Gasteiger partial charge in [0.05, 0.1) is 10.3 Å². The van der Waals surface area contributed by atoms with Gasteiger partial charge in [0.1, 0.15) is 0 Å². The Hall–Kier alpha value is -1.03. The molecule has 0 saturated heterocycles. The van der Waals surface area contributed by atoms with Gasteiger partial charge in [-0.3, -0.25) is 0 Å². The minimum atomic E-state index is -0.0116. The van der Waals surface area contributed by atoms with Crippen LogP contribution in [0.3, 0.4) is 0 Å². The minimum Gasteiger partial charge on any atom is -0.327 e. The Balaban J connectivity index is 2.33. The quantitative estimate of drug-likeness (QED) is 0.843. The van der Waals surface area contributed by atoms with E-state index in [1.807, 2.05) is 38.1 Å². The number of benzene rings is 1. The third-order valence-corrected chi connectivity index (χ3v) is 4.74. The zero-order valence-corrected chi connectivity index (χ0v) is 13.5. The number of pyridine rings is 1. The van der Waals surface area contributed by atoms with Crippen LogP contribution in [0.15, 0.2) is 41.4 Å². The second-order valence-electron chi connectivity index (χ2n) is 5.04. The van der Waals surface area contributed by atoms with Crippen molar-refractivity contribution in [3.8, 4) is 0 Å². The molecule has 2 aromatic rings. The Bertz CT molecular complexity index is 579. The van der Waals surface area contributed by atoms with Gasteiger partial charge in [-0.25, -0.2) is 4.98 Å². The summed E-state index contributed by atoms with van der Waals surface area (Å²) in [5, 5.41) is 1.84. The molecule has 0 aliphatic heterocycles. The predicted molar refractivity (Wildman–Crippen MR) is 87.4 cm³/mol. The van der Waals surface area contributed by atoms with E-state index in [9.17, 15) is 0 Å². The van der Waals surface area contributed by atoms with Crippen molar-refractivity contribution in [1.29, 1.82) is 0 Å². The largest absolute Gasteiger partial charge is 0.327 e. The lowest BCUT2D eigenvalue weighted by Crippen LogP contribution is -2.23. The summed E-state index contributed by atoms with van der Waals surface area (Å²) < 4.78 is 0. The molecular formula is C16H19ClN2S. The fraction of sp³-hybridized carbons (Fsp3) is 0.312. The smallest absolute Gasteiger partial charge is 0.0972 e. The molecule has 0 bridgehead atoms. The molecule has 4 heteroatoms. The first kappa shape index (κ1) is 15.4. The lowest BCUT2D eigenvalue weighted by Gasteiger charge is -2.21. The van der Waals surface area contributed by atoms with Gasteiger partial charge in [0.25, 0.3) is 0 Å². The molecule has 20 heavy (non-hydrogen) atoms. The SMILES string of the molecule is Cc1cc(C)nc(SC(c2ccccc2Cl)C(C)N)c1. The molecule has 1 aromatic heterocycles. The highest BCUT2D eigenvalue weighted by Crippen LogP contribution is 2.39. The molecule has 1 aromatic carbocycles. The number of hydrogen-bond acceptors (Lipinski definition) is 3. The first-order valence-corrected chi connectivity index (χ1v) is 7.85. The molecule has 2 atom stereocenters. The number of nitrogens with two attached hydrogens (primary N) is 1. The van der Waals surface area contributed by atoms with Gasteiger partial charge in [0, 0.05) is 16.8 Å². The van der Waals surface area contributed by atoms with Gasteiger partial charge < -0.3 is 5.73 Å². The summed E-state index contributed by atoms with van der Waals surface area (Å²) in [6, 6.07) is 12.0. The third-order valence-electron chi connectivity index (χ3n) is 3.01. The van der Waals surface area contributed by atoms with Crippen LogP contribution in [0.4, 0.5) is 0 Å². The van der Waals surface area contributed by atoms with E-state index in [1.165, 1.54) is 5.56 Å². The fourth-order valence-corrected chi connectivity index (χ4v) is 3.73. The molecule has 1 heterocycles. The van der Waals surface area contributed by atoms with Crippen molar-refractivity contribution in [2.45, 2.75) is 37.1 Å². The monoisotopic (exact) mass is 306 g/mol. The van der Waals surface area contributed by atoms with Gasteiger partial charge in [-0.15, -0.1) is 0 Å². The second kappa shape index (κ2) is 6.61. The van der Waals surface area contributed by atoms with E-state index in [1.54, 1.807) is 11.8 Å². The number of nitrogens with zero attached hydrogens (tertiary/aromatic N) is 1. The summed E-state index contributed by atoms with van der Waals surface area (Å²) in [4.78, 5) is 4.58. The maximum atomic E-state index is 6.30. The molecule has 0 spiro atoms. The Morgan fingerprint density at radius 3 is 2.50 bits per heavy atom. The molecule has 106 valence electrons. The van der Waals surface area contributed by atoms with Crippen LogP contribution in [0.1, 0.15) is 29.0 Å². The summed E-state index contributed by atoms with van der Waals surface area (Å²) >= 11 is 7.97. The number of hydrogen-bond donors (Lipinski definition) is 1. The van der Waals surface area contributed by atoms with Crippen molar-refractivity contribution in [1.82, 2.24) is 4.98 Å². The molecule has 0 aliphatic carbocycles. The van der Waals surface area contributed by atoms with E-state index in [4.69, 9.17) is 17.3 Å². The van der Waals surface area contributed by atoms with Crippen LogP contribution in [0.2, 0.25) is 5.02 Å². The molecule has 2 rings (SSSR count). The van der Waals surface area contributed by atoms with E-state index < -0.39 is 0 Å². The summed E-state index contributed by atoms with van der Waals surface area (Å²) in [6.07, 6.45) is 0. The first-order valence-electron chi connectivity index (χ1n) is 6.59. The predicted octanol–water partition coefficient (Wildman–Crippen LogP) is 4.53. The third kappa shape index (κ3) is 3.75. The van der Waals surface area contributed by atoms with Crippen molar-refractivity contribution in [3.05, 3.63) is 58.2 Å². The number of thioether (sulfide) groups is 1. The fourth-order valence-electron chi connectivity index (χ4n) is 2.15. The molecule has 2 N–H and O–H groups in total. The van der Waals surface area contributed by atoms with Gasteiger partial charge in [-0.2, -0.15) is 0 Å². The molecule has 0 aliphatic rings. The van der Waals surface area contributed by atoms with E-state index in [-0.39, 0.29) is 11.3 Å². The van der Waals surface area contributed by atoms with Crippen LogP contribution < -0.4 is 5.73 Å². The van der Waals surface area contributed by atoms with Crippen LogP contribution in [0.5, 0.6) is 0 Å². The van der Waals surface area contributed by atoms with E-state index in [0.717, 1.165) is 21.3 Å². The van der Waals surface area contributed by atoms with Gasteiger partial charge in [-0.1, -0.05) is 41.6 Å². The van der Waals surface area contributed by atoms with Crippen molar-refractivity contribution in [2.75, 3.05) is 0 Å². The summed E-state index contributed by atoms with van der Waals surface area (Å²) in [5.41, 5.74) is 9.45. The molecule has 2 nitrogen and oxygen atoms in total.